The van der Waals surface area contributed by atoms with E-state index in [9.17, 15) is 9.59 Å². The Hall–Kier alpha value is -1.00. The highest BCUT2D eigenvalue weighted by Gasteiger charge is 2.35. The molecule has 1 aromatic carbocycles. The van der Waals surface area contributed by atoms with Crippen LogP contribution in [0.1, 0.15) is 20.7 Å². The average molecular weight is 228 g/mol. The van der Waals surface area contributed by atoms with Gasteiger partial charge in [0.2, 0.25) is 0 Å². The van der Waals surface area contributed by atoms with E-state index in [1.165, 1.54) is 0 Å². The molecular weight excluding hydrogens is 222 g/mol. The lowest BCUT2D eigenvalue weighted by molar-refractivity contribution is 0.0777. The maximum Gasteiger partial charge on any atom is 0.271 e. The van der Waals surface area contributed by atoms with Crippen LogP contribution in [0.3, 0.4) is 0 Å². The molecule has 0 fully saturated rings. The number of hydrogen-bond donors (Lipinski definition) is 0. The zero-order valence-corrected chi connectivity index (χ0v) is 8.64. The van der Waals surface area contributed by atoms with Crippen LogP contribution in [-0.2, 0) is 0 Å². The Balaban J connectivity index is 2.43. The number of hydrogen-bond acceptors (Lipinski definition) is 3. The minimum Gasteiger partial charge on any atom is -0.268 e. The highest BCUT2D eigenvalue weighted by Crippen LogP contribution is 2.28. The minimum atomic E-state index is -0.281. The van der Waals surface area contributed by atoms with E-state index in [0.29, 0.717) is 11.1 Å². The first-order valence-electron chi connectivity index (χ1n) is 3.92. The van der Waals surface area contributed by atoms with Gasteiger partial charge in [-0.15, -0.1) is 11.6 Å². The van der Waals surface area contributed by atoms with Crippen molar-refractivity contribution in [3.05, 3.63) is 35.4 Å². The summed E-state index contributed by atoms with van der Waals surface area (Å²) < 4.78 is 1.09. The fraction of sp³-hybridized carbons (Fsp3) is 0.111. The molecule has 0 unspecified atom stereocenters. The summed E-state index contributed by atoms with van der Waals surface area (Å²) in [6, 6.07) is 6.76. The predicted octanol–water partition coefficient (Wildman–Crippen LogP) is 2.13. The standard InChI is InChI=1S/C9H6ClNO2S/c10-5-14-11-8(12)6-3-1-2-4-7(6)9(11)13/h1-4H,5H2. The molecule has 0 saturated heterocycles. The molecule has 1 aromatic rings. The lowest BCUT2D eigenvalue weighted by atomic mass is 10.1. The highest BCUT2D eigenvalue weighted by atomic mass is 35.5. The number of carbonyl (C=O) groups is 2. The van der Waals surface area contributed by atoms with Gasteiger partial charge in [-0.2, -0.15) is 0 Å². The molecule has 5 heteroatoms. The van der Waals surface area contributed by atoms with E-state index in [0.717, 1.165) is 16.3 Å². The molecule has 0 spiro atoms. The van der Waals surface area contributed by atoms with E-state index in [-0.39, 0.29) is 17.0 Å². The van der Waals surface area contributed by atoms with E-state index in [2.05, 4.69) is 0 Å². The van der Waals surface area contributed by atoms with E-state index >= 15 is 0 Å². The van der Waals surface area contributed by atoms with Crippen molar-refractivity contribution in [2.75, 3.05) is 5.21 Å². The molecule has 0 atom stereocenters. The van der Waals surface area contributed by atoms with E-state index in [4.69, 9.17) is 11.6 Å². The molecule has 2 rings (SSSR count). The summed E-state index contributed by atoms with van der Waals surface area (Å²) in [4.78, 5) is 23.2. The zero-order valence-electron chi connectivity index (χ0n) is 7.07. The lowest BCUT2D eigenvalue weighted by Crippen LogP contribution is -2.22. The molecule has 1 aliphatic heterocycles. The second kappa shape index (κ2) is 3.63. The second-order valence-corrected chi connectivity index (χ2v) is 4.18. The fourth-order valence-corrected chi connectivity index (χ4v) is 2.15. The summed E-state index contributed by atoms with van der Waals surface area (Å²) in [6.07, 6.45) is 0. The summed E-state index contributed by atoms with van der Waals surface area (Å²) in [5.74, 6) is -0.562. The van der Waals surface area contributed by atoms with Gasteiger partial charge in [-0.05, 0) is 24.1 Å². The molecular formula is C9H6ClNO2S. The third-order valence-electron chi connectivity index (χ3n) is 1.93. The number of amides is 2. The van der Waals surface area contributed by atoms with Gasteiger partial charge >= 0.3 is 0 Å². The summed E-state index contributed by atoms with van der Waals surface area (Å²) >= 11 is 6.48. The molecule has 0 aliphatic carbocycles. The van der Waals surface area contributed by atoms with Crippen LogP contribution < -0.4 is 0 Å². The molecule has 0 radical (unpaired) electrons. The van der Waals surface area contributed by atoms with Crippen molar-refractivity contribution < 1.29 is 9.59 Å². The van der Waals surface area contributed by atoms with Gasteiger partial charge in [0.15, 0.2) is 0 Å². The summed E-state index contributed by atoms with van der Waals surface area (Å²) in [6.45, 7) is 0. The average Bonchev–Trinajstić information content (AvgIpc) is 2.45. The first-order valence-corrected chi connectivity index (χ1v) is 5.40. The summed E-state index contributed by atoms with van der Waals surface area (Å²) in [7, 11) is 0. The molecule has 2 amide bonds. The van der Waals surface area contributed by atoms with E-state index in [1.807, 2.05) is 0 Å². The van der Waals surface area contributed by atoms with Crippen LogP contribution in [0.25, 0.3) is 0 Å². The Morgan fingerprint density at radius 1 is 1.14 bits per heavy atom. The van der Waals surface area contributed by atoms with Gasteiger partial charge in [0.05, 0.1) is 16.3 Å². The van der Waals surface area contributed by atoms with Crippen LogP contribution in [-0.4, -0.2) is 21.3 Å². The van der Waals surface area contributed by atoms with Crippen molar-refractivity contribution in [3.63, 3.8) is 0 Å². The van der Waals surface area contributed by atoms with Crippen molar-refractivity contribution in [1.82, 2.24) is 4.31 Å². The molecule has 3 nitrogen and oxygen atoms in total. The quantitative estimate of drug-likeness (QED) is 0.441. The van der Waals surface area contributed by atoms with Crippen LogP contribution in [0.4, 0.5) is 0 Å². The topological polar surface area (TPSA) is 37.4 Å². The van der Waals surface area contributed by atoms with Gasteiger partial charge in [-0.1, -0.05) is 12.1 Å². The number of carbonyl (C=O) groups excluding carboxylic acids is 2. The normalized spacial score (nSPS) is 14.8. The fourth-order valence-electron chi connectivity index (χ4n) is 1.33. The van der Waals surface area contributed by atoms with E-state index in [1.54, 1.807) is 24.3 Å². The van der Waals surface area contributed by atoms with Gasteiger partial charge in [0.1, 0.15) is 0 Å². The van der Waals surface area contributed by atoms with Crippen molar-refractivity contribution >= 4 is 35.4 Å². The summed E-state index contributed by atoms with van der Waals surface area (Å²) in [5, 5.41) is 0.186. The predicted molar refractivity (Wildman–Crippen MR) is 55.3 cm³/mol. The van der Waals surface area contributed by atoms with Crippen LogP contribution in [0.5, 0.6) is 0 Å². The summed E-state index contributed by atoms with van der Waals surface area (Å²) in [5.41, 5.74) is 0.908. The number of imide groups is 1. The maximum atomic E-state index is 11.6. The van der Waals surface area contributed by atoms with Crippen LogP contribution in [0.2, 0.25) is 0 Å². The minimum absolute atomic E-state index is 0.186. The Morgan fingerprint density at radius 3 is 2.07 bits per heavy atom. The first-order chi connectivity index (χ1) is 6.75. The number of halogens is 1. The molecule has 0 aromatic heterocycles. The number of benzene rings is 1. The Kier molecular flexibility index (Phi) is 2.48. The smallest absolute Gasteiger partial charge is 0.268 e. The third kappa shape index (κ3) is 1.31. The van der Waals surface area contributed by atoms with Crippen LogP contribution in [0, 0.1) is 0 Å². The Bertz CT molecular complexity index is 373. The maximum absolute atomic E-state index is 11.6. The van der Waals surface area contributed by atoms with Crippen LogP contribution >= 0.6 is 23.5 Å². The molecule has 14 heavy (non-hydrogen) atoms. The van der Waals surface area contributed by atoms with Gasteiger partial charge in [0.25, 0.3) is 11.8 Å². The SMILES string of the molecule is O=C1c2ccccc2C(=O)N1SCCl. The molecule has 1 aliphatic rings. The molecule has 0 saturated carbocycles. The number of rotatable bonds is 2. The zero-order chi connectivity index (χ0) is 10.1. The van der Waals surface area contributed by atoms with Crippen LogP contribution in [0.15, 0.2) is 24.3 Å². The Morgan fingerprint density at radius 2 is 1.64 bits per heavy atom. The first kappa shape index (κ1) is 9.55. The molecule has 0 bridgehead atoms. The third-order valence-corrected chi connectivity index (χ3v) is 2.91. The number of fused-ring (bicyclic) bond motifs is 1. The van der Waals surface area contributed by atoms with E-state index < -0.39 is 0 Å². The Labute approximate surface area is 90.2 Å². The van der Waals surface area contributed by atoms with Crippen molar-refractivity contribution in [1.29, 1.82) is 0 Å². The molecule has 72 valence electrons. The lowest BCUT2D eigenvalue weighted by Gasteiger charge is -2.08. The molecule has 0 N–H and O–H groups in total. The van der Waals surface area contributed by atoms with Gasteiger partial charge in [-0.25, -0.2) is 4.31 Å². The van der Waals surface area contributed by atoms with Crippen molar-refractivity contribution in [3.8, 4) is 0 Å². The number of alkyl halides is 1. The van der Waals surface area contributed by atoms with Gasteiger partial charge in [-0.3, -0.25) is 9.59 Å². The van der Waals surface area contributed by atoms with Gasteiger partial charge in [0, 0.05) is 0 Å². The van der Waals surface area contributed by atoms with Gasteiger partial charge < -0.3 is 0 Å². The largest absolute Gasteiger partial charge is 0.271 e. The van der Waals surface area contributed by atoms with Crippen molar-refractivity contribution in [2.45, 2.75) is 0 Å². The van der Waals surface area contributed by atoms with Crippen molar-refractivity contribution in [2.24, 2.45) is 0 Å². The monoisotopic (exact) mass is 227 g/mol. The molecule has 1 heterocycles. The second-order valence-electron chi connectivity index (χ2n) is 2.69. The highest BCUT2D eigenvalue weighted by molar-refractivity contribution is 7.99. The number of nitrogens with zero attached hydrogens (tertiary/aromatic N) is 1.